The molecule has 11 nitrogen and oxygen atoms in total. The van der Waals surface area contributed by atoms with E-state index in [1.165, 1.54) is 35.9 Å². The molecule has 1 aliphatic carbocycles. The summed E-state index contributed by atoms with van der Waals surface area (Å²) in [6.45, 7) is 11.5. The standard InChI is InChI=1S/C50H52O11/c1-25(2)8-7-9-27(5)11-15-34-47(59)46-43(58)24-42(57)45(50(46)61-49(34)33-17-14-31(52)22-40(33)55)37-19-28(6)18-35(32-16-13-30(51)21-39(32)54)44(37)48(60)36-20-29(12-10-26(3)4)38(53)23-41(36)56/h8,10-11,13-14,16-17,19-24,35,37,44,51-58H,7,9,12,15,18H2,1-6H3/b27-11+. The Bertz CT molecular complexity index is 2720. The summed E-state index contributed by atoms with van der Waals surface area (Å²) in [4.78, 5) is 30.0. The number of allylic oxidation sites excluding steroid dienone is 8. The molecule has 0 spiro atoms. The number of ketones is 1. The Hall–Kier alpha value is -6.88. The van der Waals surface area contributed by atoms with Gasteiger partial charge in [0.25, 0.3) is 0 Å². The molecular formula is C50H52O11. The zero-order valence-corrected chi connectivity index (χ0v) is 35.1. The topological polar surface area (TPSA) is 209 Å². The molecule has 1 heterocycles. The molecule has 11 heteroatoms. The smallest absolute Gasteiger partial charge is 0.200 e. The second-order valence-electron chi connectivity index (χ2n) is 16.5. The summed E-state index contributed by atoms with van der Waals surface area (Å²) < 4.78 is 6.62. The highest BCUT2D eigenvalue weighted by Crippen LogP contribution is 2.53. The quantitative estimate of drug-likeness (QED) is 0.0438. The van der Waals surface area contributed by atoms with Crippen molar-refractivity contribution in [3.63, 3.8) is 0 Å². The second-order valence-corrected chi connectivity index (χ2v) is 16.5. The van der Waals surface area contributed by atoms with Gasteiger partial charge in [0.2, 0.25) is 5.43 Å². The molecule has 0 saturated heterocycles. The minimum Gasteiger partial charge on any atom is -0.508 e. The first kappa shape index (κ1) is 43.7. The lowest BCUT2D eigenvalue weighted by Gasteiger charge is -2.37. The lowest BCUT2D eigenvalue weighted by atomic mass is 9.65. The molecule has 0 bridgehead atoms. The Morgan fingerprint density at radius 3 is 2.03 bits per heavy atom. The molecule has 0 radical (unpaired) electrons. The van der Waals surface area contributed by atoms with Crippen molar-refractivity contribution in [3.8, 4) is 57.3 Å². The third kappa shape index (κ3) is 9.16. The van der Waals surface area contributed by atoms with Gasteiger partial charge in [-0.2, -0.15) is 0 Å². The second kappa shape index (κ2) is 17.8. The van der Waals surface area contributed by atoms with E-state index in [-0.39, 0.29) is 86.8 Å². The number of carbonyl (C=O) groups excluding carboxylic acids is 1. The van der Waals surface area contributed by atoms with Crippen molar-refractivity contribution in [2.75, 3.05) is 0 Å². The van der Waals surface area contributed by atoms with Crippen molar-refractivity contribution in [3.05, 3.63) is 139 Å². The summed E-state index contributed by atoms with van der Waals surface area (Å²) in [6, 6.07) is 11.3. The maximum atomic E-state index is 15.2. The fraction of sp³-hybridized carbons (Fsp3) is 0.280. The molecule has 3 unspecified atom stereocenters. The number of benzene rings is 4. The van der Waals surface area contributed by atoms with Crippen molar-refractivity contribution in [2.24, 2.45) is 5.92 Å². The maximum Gasteiger partial charge on any atom is 0.200 e. The molecular weight excluding hydrogens is 777 g/mol. The van der Waals surface area contributed by atoms with E-state index in [0.29, 0.717) is 12.0 Å². The molecule has 1 aliphatic rings. The molecule has 4 aromatic carbocycles. The number of phenols is 8. The Labute approximate surface area is 353 Å². The largest absolute Gasteiger partial charge is 0.508 e. The zero-order chi connectivity index (χ0) is 44.4. The van der Waals surface area contributed by atoms with Crippen molar-refractivity contribution >= 4 is 16.8 Å². The SMILES string of the molecule is CC(C)=CCC/C(C)=C/Cc1c(-c2ccc(O)cc2O)oc2c(C3C=C(C)CC(c4ccc(O)cc4O)C3C(=O)c3cc(CC=C(C)C)c(O)cc3O)c(O)cc(O)c2c1=O. The van der Waals surface area contributed by atoms with E-state index in [1.807, 2.05) is 46.8 Å². The van der Waals surface area contributed by atoms with Gasteiger partial charge in [-0.05, 0) is 109 Å². The number of carbonyl (C=O) groups is 1. The van der Waals surface area contributed by atoms with Crippen LogP contribution in [0.25, 0.3) is 22.3 Å². The van der Waals surface area contributed by atoms with E-state index in [0.717, 1.165) is 47.4 Å². The van der Waals surface area contributed by atoms with E-state index >= 15 is 4.79 Å². The molecule has 61 heavy (non-hydrogen) atoms. The van der Waals surface area contributed by atoms with E-state index in [9.17, 15) is 45.6 Å². The highest BCUT2D eigenvalue weighted by molar-refractivity contribution is 6.03. The average Bonchev–Trinajstić information content (AvgIpc) is 3.16. The van der Waals surface area contributed by atoms with Gasteiger partial charge in [0, 0.05) is 53.1 Å². The van der Waals surface area contributed by atoms with Crippen LogP contribution >= 0.6 is 0 Å². The van der Waals surface area contributed by atoms with Crippen LogP contribution in [0.2, 0.25) is 0 Å². The molecule has 0 amide bonds. The Morgan fingerprint density at radius 1 is 0.721 bits per heavy atom. The van der Waals surface area contributed by atoms with Gasteiger partial charge in [-0.25, -0.2) is 0 Å². The van der Waals surface area contributed by atoms with Gasteiger partial charge in [0.1, 0.15) is 62.7 Å². The fourth-order valence-corrected chi connectivity index (χ4v) is 8.23. The van der Waals surface area contributed by atoms with Crippen LogP contribution in [0.5, 0.6) is 46.0 Å². The Balaban J connectivity index is 1.65. The third-order valence-corrected chi connectivity index (χ3v) is 11.3. The lowest BCUT2D eigenvalue weighted by Crippen LogP contribution is -2.32. The van der Waals surface area contributed by atoms with Gasteiger partial charge >= 0.3 is 0 Å². The molecule has 3 atom stereocenters. The maximum absolute atomic E-state index is 15.2. The van der Waals surface area contributed by atoms with Gasteiger partial charge in [-0.15, -0.1) is 0 Å². The van der Waals surface area contributed by atoms with Crippen LogP contribution in [0.15, 0.2) is 110 Å². The highest BCUT2D eigenvalue weighted by atomic mass is 16.3. The summed E-state index contributed by atoms with van der Waals surface area (Å²) in [5.41, 5.74) is 3.44. The van der Waals surface area contributed by atoms with E-state index in [4.69, 9.17) is 4.42 Å². The summed E-state index contributed by atoms with van der Waals surface area (Å²) in [7, 11) is 0. The number of fused-ring (bicyclic) bond motifs is 1. The number of hydrogen-bond acceptors (Lipinski definition) is 11. The molecule has 1 aromatic heterocycles. The first-order chi connectivity index (χ1) is 28.9. The van der Waals surface area contributed by atoms with Crippen molar-refractivity contribution in [1.29, 1.82) is 0 Å². The van der Waals surface area contributed by atoms with E-state index in [1.54, 1.807) is 13.0 Å². The molecule has 0 saturated carbocycles. The van der Waals surface area contributed by atoms with Crippen LogP contribution in [-0.2, 0) is 12.8 Å². The van der Waals surface area contributed by atoms with Gasteiger partial charge in [-0.3, -0.25) is 9.59 Å². The molecule has 8 N–H and O–H groups in total. The van der Waals surface area contributed by atoms with E-state index in [2.05, 4.69) is 6.08 Å². The summed E-state index contributed by atoms with van der Waals surface area (Å²) in [6.07, 6.45) is 9.54. The van der Waals surface area contributed by atoms with Crippen molar-refractivity contribution in [2.45, 2.75) is 85.5 Å². The van der Waals surface area contributed by atoms with Crippen molar-refractivity contribution in [1.82, 2.24) is 0 Å². The molecule has 6 rings (SSSR count). The summed E-state index contributed by atoms with van der Waals surface area (Å²) >= 11 is 0. The highest BCUT2D eigenvalue weighted by Gasteiger charge is 2.44. The van der Waals surface area contributed by atoms with Gasteiger partial charge in [-0.1, -0.05) is 52.7 Å². The van der Waals surface area contributed by atoms with Crippen LogP contribution in [0.3, 0.4) is 0 Å². The zero-order valence-electron chi connectivity index (χ0n) is 35.1. The van der Waals surface area contributed by atoms with Crippen LogP contribution in [0.1, 0.15) is 105 Å². The van der Waals surface area contributed by atoms with Crippen molar-refractivity contribution < 1.29 is 50.1 Å². The minimum absolute atomic E-state index is 0.0329. The third-order valence-electron chi connectivity index (χ3n) is 11.3. The monoisotopic (exact) mass is 828 g/mol. The Kier molecular flexibility index (Phi) is 12.7. The molecule has 0 fully saturated rings. The number of Topliss-reactive ketones (excluding diaryl/α,β-unsaturated/α-hetero) is 1. The summed E-state index contributed by atoms with van der Waals surface area (Å²) in [5, 5.41) is 87.9. The number of aromatic hydroxyl groups is 8. The lowest BCUT2D eigenvalue weighted by molar-refractivity contribution is 0.0877. The minimum atomic E-state index is -1.24. The molecule has 318 valence electrons. The van der Waals surface area contributed by atoms with Crippen LogP contribution in [-0.4, -0.2) is 46.6 Å². The van der Waals surface area contributed by atoms with Crippen LogP contribution in [0.4, 0.5) is 0 Å². The molecule has 0 aliphatic heterocycles. The van der Waals surface area contributed by atoms with Crippen LogP contribution in [0, 0.1) is 5.92 Å². The number of rotatable bonds is 12. The van der Waals surface area contributed by atoms with Gasteiger partial charge in [0.15, 0.2) is 5.78 Å². The predicted molar refractivity (Wildman–Crippen MR) is 235 cm³/mol. The normalized spacial score (nSPS) is 16.6. The average molecular weight is 829 g/mol. The van der Waals surface area contributed by atoms with E-state index < -0.39 is 52.0 Å². The fourth-order valence-electron chi connectivity index (χ4n) is 8.23. The van der Waals surface area contributed by atoms with Crippen LogP contribution < -0.4 is 5.43 Å². The number of hydrogen-bond donors (Lipinski definition) is 8. The number of phenolic OH excluding ortho intramolecular Hbond substituents is 8. The van der Waals surface area contributed by atoms with Gasteiger partial charge < -0.3 is 45.3 Å². The Morgan fingerprint density at radius 2 is 1.38 bits per heavy atom. The summed E-state index contributed by atoms with van der Waals surface area (Å²) in [5.74, 6) is -7.00. The first-order valence-electron chi connectivity index (χ1n) is 20.1. The van der Waals surface area contributed by atoms with Gasteiger partial charge in [0.05, 0.1) is 11.1 Å². The first-order valence-corrected chi connectivity index (χ1v) is 20.1. The molecule has 5 aromatic rings. The predicted octanol–water partition coefficient (Wildman–Crippen LogP) is 10.6.